The number of hydrogen-bond donors (Lipinski definition) is 1. The largest absolute Gasteiger partial charge is 0.369 e. The van der Waals surface area contributed by atoms with Gasteiger partial charge in [-0.25, -0.2) is 4.99 Å². The van der Waals surface area contributed by atoms with Crippen molar-refractivity contribution in [1.82, 2.24) is 4.90 Å². The maximum atomic E-state index is 13.3. The number of guanidine groups is 1. The fourth-order valence-corrected chi connectivity index (χ4v) is 7.07. The first-order chi connectivity index (χ1) is 14.1. The number of likely N-dealkylation sites (N-methyl/N-ethyl adjacent to an activating group) is 1. The Kier molecular flexibility index (Phi) is 6.86. The summed E-state index contributed by atoms with van der Waals surface area (Å²) in [4.78, 5) is 19.8. The quantitative estimate of drug-likeness (QED) is 0.599. The van der Waals surface area contributed by atoms with Gasteiger partial charge in [-0.1, -0.05) is 77.0 Å². The lowest BCUT2D eigenvalue weighted by molar-refractivity contribution is -0.131. The van der Waals surface area contributed by atoms with Crippen molar-refractivity contribution in [3.8, 4) is 0 Å². The highest BCUT2D eigenvalue weighted by Gasteiger charge is 2.48. The minimum Gasteiger partial charge on any atom is -0.369 e. The minimum absolute atomic E-state index is 0.170. The molecule has 3 aliphatic carbocycles. The summed E-state index contributed by atoms with van der Waals surface area (Å²) in [6, 6.07) is 0. The van der Waals surface area contributed by atoms with E-state index in [2.05, 4.69) is 0 Å². The van der Waals surface area contributed by atoms with Crippen molar-refractivity contribution >= 4 is 11.9 Å². The second kappa shape index (κ2) is 9.39. The van der Waals surface area contributed by atoms with Crippen LogP contribution in [-0.2, 0) is 4.79 Å². The van der Waals surface area contributed by atoms with Crippen LogP contribution >= 0.6 is 0 Å². The van der Waals surface area contributed by atoms with Crippen molar-refractivity contribution < 1.29 is 4.79 Å². The van der Waals surface area contributed by atoms with Crippen LogP contribution in [0.3, 0.4) is 0 Å². The molecule has 1 aliphatic heterocycles. The van der Waals surface area contributed by atoms with Crippen LogP contribution in [0.4, 0.5) is 0 Å². The minimum atomic E-state index is -0.559. The maximum Gasteiger partial charge on any atom is 0.257 e. The van der Waals surface area contributed by atoms with E-state index in [1.165, 1.54) is 89.9 Å². The third-order valence-corrected chi connectivity index (χ3v) is 8.73. The summed E-state index contributed by atoms with van der Waals surface area (Å²) in [6.07, 6.45) is 22.3. The molecule has 0 spiro atoms. The predicted molar refractivity (Wildman–Crippen MR) is 120 cm³/mol. The Hall–Kier alpha value is -1.06. The highest BCUT2D eigenvalue weighted by molar-refractivity contribution is 6.06. The van der Waals surface area contributed by atoms with Crippen LogP contribution in [0.1, 0.15) is 109 Å². The molecule has 29 heavy (non-hydrogen) atoms. The predicted octanol–water partition coefficient (Wildman–Crippen LogP) is 5.65. The van der Waals surface area contributed by atoms with E-state index >= 15 is 0 Å². The number of carbonyl (C=O) groups is 1. The molecule has 0 bridgehead atoms. The zero-order valence-corrected chi connectivity index (χ0v) is 18.7. The molecule has 0 saturated heterocycles. The summed E-state index contributed by atoms with van der Waals surface area (Å²) in [5.41, 5.74) is 5.59. The molecule has 4 nitrogen and oxygen atoms in total. The molecule has 164 valence electrons. The van der Waals surface area contributed by atoms with Gasteiger partial charge in [0.25, 0.3) is 5.91 Å². The Morgan fingerprint density at radius 3 is 2.21 bits per heavy atom. The molecule has 0 aromatic carbocycles. The Labute approximate surface area is 178 Å². The van der Waals surface area contributed by atoms with E-state index in [1.54, 1.807) is 4.90 Å². The van der Waals surface area contributed by atoms with Gasteiger partial charge >= 0.3 is 0 Å². The maximum absolute atomic E-state index is 13.3. The highest BCUT2D eigenvalue weighted by Crippen LogP contribution is 2.44. The average molecular weight is 402 g/mol. The van der Waals surface area contributed by atoms with Gasteiger partial charge in [-0.05, 0) is 55.8 Å². The van der Waals surface area contributed by atoms with Gasteiger partial charge in [0.1, 0.15) is 5.54 Å². The number of nitrogens with two attached hydrogens (primary N) is 1. The van der Waals surface area contributed by atoms with Gasteiger partial charge in [0.2, 0.25) is 0 Å². The number of amides is 1. The molecule has 3 fully saturated rings. The van der Waals surface area contributed by atoms with Gasteiger partial charge in [-0.15, -0.1) is 0 Å². The molecule has 0 radical (unpaired) electrons. The smallest absolute Gasteiger partial charge is 0.257 e. The van der Waals surface area contributed by atoms with Crippen LogP contribution in [0.2, 0.25) is 0 Å². The van der Waals surface area contributed by atoms with Gasteiger partial charge in [0.15, 0.2) is 5.96 Å². The van der Waals surface area contributed by atoms with Crippen LogP contribution in [0.25, 0.3) is 0 Å². The first-order valence-corrected chi connectivity index (χ1v) is 12.7. The molecule has 3 atom stereocenters. The van der Waals surface area contributed by atoms with Crippen molar-refractivity contribution in [2.24, 2.45) is 34.4 Å². The van der Waals surface area contributed by atoms with Gasteiger partial charge in [-0.2, -0.15) is 0 Å². The van der Waals surface area contributed by atoms with Gasteiger partial charge in [-0.3, -0.25) is 9.69 Å². The molecule has 1 amide bonds. The first-order valence-electron chi connectivity index (χ1n) is 12.7. The number of carbonyl (C=O) groups excluding carboxylic acids is 1. The second-order valence-corrected chi connectivity index (χ2v) is 10.9. The Bertz CT molecular complexity index is 591. The molecule has 3 saturated carbocycles. The fraction of sp³-hybridized carbons (Fsp3) is 0.920. The van der Waals surface area contributed by atoms with Crippen molar-refractivity contribution in [1.29, 1.82) is 0 Å². The summed E-state index contributed by atoms with van der Waals surface area (Å²) in [5.74, 6) is 3.90. The molecule has 0 aromatic rings. The zero-order valence-electron chi connectivity index (χ0n) is 18.7. The van der Waals surface area contributed by atoms with Gasteiger partial charge < -0.3 is 5.73 Å². The lowest BCUT2D eigenvalue weighted by Gasteiger charge is -2.36. The van der Waals surface area contributed by atoms with Crippen LogP contribution in [0.15, 0.2) is 4.99 Å². The molecule has 4 rings (SSSR count). The summed E-state index contributed by atoms with van der Waals surface area (Å²) in [5, 5.41) is 0. The average Bonchev–Trinajstić information content (AvgIpc) is 3.31. The van der Waals surface area contributed by atoms with Gasteiger partial charge in [0.05, 0.1) is 0 Å². The summed E-state index contributed by atoms with van der Waals surface area (Å²) >= 11 is 0. The lowest BCUT2D eigenvalue weighted by Crippen LogP contribution is -2.44. The van der Waals surface area contributed by atoms with E-state index in [1.807, 2.05) is 7.05 Å². The summed E-state index contributed by atoms with van der Waals surface area (Å²) in [7, 11) is 1.81. The van der Waals surface area contributed by atoms with Crippen LogP contribution < -0.4 is 5.73 Å². The third kappa shape index (κ3) is 4.99. The van der Waals surface area contributed by atoms with Crippen molar-refractivity contribution in [3.63, 3.8) is 0 Å². The van der Waals surface area contributed by atoms with E-state index in [9.17, 15) is 4.79 Å². The number of aliphatic imine (C=N–C) groups is 1. The standard InChI is InChI=1S/C25H43N3O/c1-28-23(29)25(27-24(28)26,15-14-19-8-3-2-4-9-19)18-22-13-7-12-21(17-22)16-20-10-5-6-11-20/h19-22H,2-18H2,1H3,(H2,26,27)/t21-,22+,25+/m0/s1. The van der Waals surface area contributed by atoms with Crippen LogP contribution in [0.5, 0.6) is 0 Å². The highest BCUT2D eigenvalue weighted by atomic mass is 16.2. The first kappa shape index (κ1) is 21.2. The third-order valence-electron chi connectivity index (χ3n) is 8.73. The zero-order chi connectivity index (χ0) is 20.3. The van der Waals surface area contributed by atoms with Crippen molar-refractivity contribution in [3.05, 3.63) is 0 Å². The van der Waals surface area contributed by atoms with Crippen molar-refractivity contribution in [2.45, 2.75) is 115 Å². The number of nitrogens with zero attached hydrogens (tertiary/aromatic N) is 2. The number of hydrogen-bond acceptors (Lipinski definition) is 3. The van der Waals surface area contributed by atoms with E-state index < -0.39 is 5.54 Å². The molecule has 0 aromatic heterocycles. The van der Waals surface area contributed by atoms with E-state index in [-0.39, 0.29) is 5.91 Å². The Morgan fingerprint density at radius 2 is 1.52 bits per heavy atom. The Balaban J connectivity index is 1.40. The monoisotopic (exact) mass is 401 g/mol. The second-order valence-electron chi connectivity index (χ2n) is 10.9. The number of rotatable bonds is 7. The summed E-state index contributed by atoms with van der Waals surface area (Å²) in [6.45, 7) is 0. The topological polar surface area (TPSA) is 58.7 Å². The Morgan fingerprint density at radius 1 is 0.897 bits per heavy atom. The van der Waals surface area contributed by atoms with Crippen LogP contribution in [-0.4, -0.2) is 29.4 Å². The van der Waals surface area contributed by atoms with E-state index in [0.717, 1.165) is 37.0 Å². The molecular formula is C25H43N3O. The summed E-state index contributed by atoms with van der Waals surface area (Å²) < 4.78 is 0. The molecule has 0 unspecified atom stereocenters. The van der Waals surface area contributed by atoms with Crippen molar-refractivity contribution in [2.75, 3.05) is 7.05 Å². The molecular weight excluding hydrogens is 358 g/mol. The molecule has 4 heteroatoms. The van der Waals surface area contributed by atoms with Crippen LogP contribution in [0, 0.1) is 23.7 Å². The SMILES string of the molecule is CN1C(=O)[C@@](CCC2CCCCC2)(C[C@@H]2CCC[C@@H](CC3CCCC3)C2)N=C1N. The molecule has 4 aliphatic rings. The van der Waals surface area contributed by atoms with E-state index in [4.69, 9.17) is 10.7 Å². The molecule has 1 heterocycles. The molecule has 2 N–H and O–H groups in total. The lowest BCUT2D eigenvalue weighted by atomic mass is 9.71. The fourth-order valence-electron chi connectivity index (χ4n) is 7.07. The van der Waals surface area contributed by atoms with Gasteiger partial charge in [0, 0.05) is 7.05 Å². The normalized spacial score (nSPS) is 34.7. The van der Waals surface area contributed by atoms with E-state index in [0.29, 0.717) is 11.9 Å².